The summed E-state index contributed by atoms with van der Waals surface area (Å²) in [5, 5.41) is 3.09. The van der Waals surface area contributed by atoms with Gasteiger partial charge in [-0.05, 0) is 50.2 Å². The van der Waals surface area contributed by atoms with Crippen LogP contribution in [0, 0.1) is 0 Å². The molecule has 3 rings (SSSR count). The molecule has 5 heteroatoms. The lowest BCUT2D eigenvalue weighted by molar-refractivity contribution is 0.0933. The van der Waals surface area contributed by atoms with E-state index in [1.165, 1.54) is 18.5 Å². The smallest absolute Gasteiger partial charge is 0.255 e. The maximum atomic E-state index is 12.6. The number of para-hydroxylation sites is 1. The van der Waals surface area contributed by atoms with Gasteiger partial charge in [-0.15, -0.1) is 0 Å². The Labute approximate surface area is 143 Å². The van der Waals surface area contributed by atoms with Gasteiger partial charge in [-0.25, -0.2) is 0 Å². The number of likely N-dealkylation sites (tertiary alicyclic amines) is 1. The molecule has 24 heavy (non-hydrogen) atoms. The number of aromatic nitrogens is 1. The molecule has 2 aromatic rings. The summed E-state index contributed by atoms with van der Waals surface area (Å²) in [5.41, 5.74) is 1.81. The van der Waals surface area contributed by atoms with E-state index in [9.17, 15) is 4.79 Å². The minimum absolute atomic E-state index is 0.0918. The first-order chi connectivity index (χ1) is 11.7. The van der Waals surface area contributed by atoms with Gasteiger partial charge in [0.1, 0.15) is 5.75 Å². The molecule has 2 heterocycles. The number of carbonyl (C=O) groups excluding carboxylic acids is 1. The van der Waals surface area contributed by atoms with Crippen LogP contribution in [-0.4, -0.2) is 42.1 Å². The summed E-state index contributed by atoms with van der Waals surface area (Å²) >= 11 is 0. The van der Waals surface area contributed by atoms with Gasteiger partial charge in [0.15, 0.2) is 0 Å². The van der Waals surface area contributed by atoms with Gasteiger partial charge in [-0.3, -0.25) is 9.69 Å². The van der Waals surface area contributed by atoms with E-state index in [-0.39, 0.29) is 11.9 Å². The van der Waals surface area contributed by atoms with Crippen molar-refractivity contribution in [2.75, 3.05) is 26.7 Å². The van der Waals surface area contributed by atoms with E-state index in [1.807, 2.05) is 18.2 Å². The van der Waals surface area contributed by atoms with Gasteiger partial charge in [0.05, 0.1) is 18.7 Å². The molecule has 1 fully saturated rings. The fourth-order valence-corrected chi connectivity index (χ4v) is 3.41. The molecule has 1 amide bonds. The van der Waals surface area contributed by atoms with E-state index in [4.69, 9.17) is 4.74 Å². The van der Waals surface area contributed by atoms with E-state index >= 15 is 0 Å². The van der Waals surface area contributed by atoms with Crippen LogP contribution >= 0.6 is 0 Å². The van der Waals surface area contributed by atoms with Crippen molar-refractivity contribution in [3.8, 4) is 5.75 Å². The molecule has 1 aromatic carbocycles. The molecule has 1 N–H and O–H groups in total. The maximum Gasteiger partial charge on any atom is 0.255 e. The van der Waals surface area contributed by atoms with Crippen molar-refractivity contribution in [3.63, 3.8) is 0 Å². The molecule has 1 unspecified atom stereocenters. The lowest BCUT2D eigenvalue weighted by Crippen LogP contribution is -2.37. The van der Waals surface area contributed by atoms with E-state index in [0.29, 0.717) is 17.9 Å². The fourth-order valence-electron chi connectivity index (χ4n) is 3.41. The highest BCUT2D eigenvalue weighted by Crippen LogP contribution is 2.25. The second-order valence-electron chi connectivity index (χ2n) is 6.21. The predicted octanol–water partition coefficient (Wildman–Crippen LogP) is 2.60. The second-order valence-corrected chi connectivity index (χ2v) is 6.21. The molecule has 0 aliphatic carbocycles. The zero-order valence-electron chi connectivity index (χ0n) is 14.4. The van der Waals surface area contributed by atoms with Crippen LogP contribution in [0.1, 0.15) is 34.9 Å². The zero-order chi connectivity index (χ0) is 16.9. The highest BCUT2D eigenvalue weighted by molar-refractivity contribution is 5.96. The molecule has 1 saturated heterocycles. The zero-order valence-corrected chi connectivity index (χ0v) is 14.4. The van der Waals surface area contributed by atoms with Gasteiger partial charge in [0.25, 0.3) is 5.91 Å². The Morgan fingerprint density at radius 3 is 2.62 bits per heavy atom. The average Bonchev–Trinajstić information content (AvgIpc) is 3.27. The molecule has 0 spiro atoms. The number of rotatable bonds is 6. The molecular weight excluding hydrogens is 302 g/mol. The van der Waals surface area contributed by atoms with E-state index in [0.717, 1.165) is 13.1 Å². The van der Waals surface area contributed by atoms with Crippen LogP contribution in [0.25, 0.3) is 0 Å². The first kappa shape index (κ1) is 16.6. The highest BCUT2D eigenvalue weighted by Gasteiger charge is 2.26. The molecule has 1 atom stereocenters. The number of carbonyl (C=O) groups is 1. The second kappa shape index (κ2) is 7.53. The number of nitrogens with zero attached hydrogens (tertiary/aromatic N) is 2. The van der Waals surface area contributed by atoms with Crippen molar-refractivity contribution in [3.05, 3.63) is 53.9 Å². The highest BCUT2D eigenvalue weighted by atomic mass is 16.5. The minimum Gasteiger partial charge on any atom is -0.496 e. The van der Waals surface area contributed by atoms with Crippen LogP contribution in [-0.2, 0) is 7.05 Å². The lowest BCUT2D eigenvalue weighted by Gasteiger charge is -2.28. The fraction of sp³-hybridized carbons (Fsp3) is 0.421. The normalized spacial score (nSPS) is 16.1. The van der Waals surface area contributed by atoms with Gasteiger partial charge in [0, 0.05) is 25.5 Å². The summed E-state index contributed by atoms with van der Waals surface area (Å²) in [6.07, 6.45) is 4.50. The van der Waals surface area contributed by atoms with Crippen LogP contribution in [0.2, 0.25) is 0 Å². The van der Waals surface area contributed by atoms with Crippen molar-refractivity contribution in [1.29, 1.82) is 0 Å². The number of methoxy groups -OCH3 is 1. The number of benzene rings is 1. The molecule has 0 bridgehead atoms. The van der Waals surface area contributed by atoms with Crippen LogP contribution in [0.4, 0.5) is 0 Å². The molecule has 1 aliphatic heterocycles. The molecule has 1 aliphatic rings. The Kier molecular flexibility index (Phi) is 5.20. The SMILES string of the molecule is COc1ccccc1C(=O)NCC(c1cccn1C)N1CCCC1. The molecule has 1 aromatic heterocycles. The van der Waals surface area contributed by atoms with E-state index in [2.05, 4.69) is 40.2 Å². The third-order valence-corrected chi connectivity index (χ3v) is 4.71. The average molecular weight is 327 g/mol. The number of ether oxygens (including phenoxy) is 1. The van der Waals surface area contributed by atoms with Crippen LogP contribution in [0.3, 0.4) is 0 Å². The summed E-state index contributed by atoms with van der Waals surface area (Å²) in [4.78, 5) is 15.0. The van der Waals surface area contributed by atoms with Crippen molar-refractivity contribution in [2.45, 2.75) is 18.9 Å². The first-order valence-corrected chi connectivity index (χ1v) is 8.47. The minimum atomic E-state index is -0.0918. The van der Waals surface area contributed by atoms with E-state index < -0.39 is 0 Å². The van der Waals surface area contributed by atoms with Crippen LogP contribution in [0.5, 0.6) is 5.75 Å². The van der Waals surface area contributed by atoms with Gasteiger partial charge in [-0.2, -0.15) is 0 Å². The lowest BCUT2D eigenvalue weighted by atomic mass is 10.1. The van der Waals surface area contributed by atoms with E-state index in [1.54, 1.807) is 13.2 Å². The molecule has 0 saturated carbocycles. The summed E-state index contributed by atoms with van der Waals surface area (Å²) in [6.45, 7) is 2.76. The van der Waals surface area contributed by atoms with Gasteiger partial charge in [-0.1, -0.05) is 12.1 Å². The number of hydrogen-bond acceptors (Lipinski definition) is 3. The van der Waals surface area contributed by atoms with Crippen molar-refractivity contribution in [1.82, 2.24) is 14.8 Å². The Hall–Kier alpha value is -2.27. The quantitative estimate of drug-likeness (QED) is 0.887. The third kappa shape index (κ3) is 3.46. The number of amides is 1. The summed E-state index contributed by atoms with van der Waals surface area (Å²) in [6, 6.07) is 11.7. The molecule has 0 radical (unpaired) electrons. The third-order valence-electron chi connectivity index (χ3n) is 4.71. The van der Waals surface area contributed by atoms with Gasteiger partial charge < -0.3 is 14.6 Å². The van der Waals surface area contributed by atoms with Crippen LogP contribution < -0.4 is 10.1 Å². The summed E-state index contributed by atoms with van der Waals surface area (Å²) in [5.74, 6) is 0.512. The van der Waals surface area contributed by atoms with Gasteiger partial charge in [0.2, 0.25) is 0 Å². The Morgan fingerprint density at radius 2 is 1.96 bits per heavy atom. The largest absolute Gasteiger partial charge is 0.496 e. The van der Waals surface area contributed by atoms with Gasteiger partial charge >= 0.3 is 0 Å². The number of nitrogens with one attached hydrogen (secondary N) is 1. The molecular formula is C19H25N3O2. The molecule has 128 valence electrons. The maximum absolute atomic E-state index is 12.6. The standard InChI is InChI=1S/C19H25N3O2/c1-21-11-7-9-16(21)17(22-12-5-6-13-22)14-20-19(23)15-8-3-4-10-18(15)24-2/h3-4,7-11,17H,5-6,12-14H2,1-2H3,(H,20,23). The number of aryl methyl sites for hydroxylation is 1. The van der Waals surface area contributed by atoms with Crippen molar-refractivity contribution in [2.24, 2.45) is 7.05 Å². The van der Waals surface area contributed by atoms with Crippen molar-refractivity contribution < 1.29 is 9.53 Å². The molecule has 5 nitrogen and oxygen atoms in total. The Morgan fingerprint density at radius 1 is 1.21 bits per heavy atom. The van der Waals surface area contributed by atoms with Crippen molar-refractivity contribution >= 4 is 5.91 Å². The predicted molar refractivity (Wildman–Crippen MR) is 94.3 cm³/mol. The monoisotopic (exact) mass is 327 g/mol. The first-order valence-electron chi connectivity index (χ1n) is 8.47. The number of hydrogen-bond donors (Lipinski definition) is 1. The van der Waals surface area contributed by atoms with Crippen LogP contribution in [0.15, 0.2) is 42.6 Å². The Balaban J connectivity index is 1.74. The Bertz CT molecular complexity index is 689. The summed E-state index contributed by atoms with van der Waals surface area (Å²) < 4.78 is 7.43. The topological polar surface area (TPSA) is 46.5 Å². The summed E-state index contributed by atoms with van der Waals surface area (Å²) in [7, 11) is 3.64.